The van der Waals surface area contributed by atoms with Gasteiger partial charge in [-0.3, -0.25) is 4.79 Å². The monoisotopic (exact) mass is 271 g/mol. The van der Waals surface area contributed by atoms with Crippen molar-refractivity contribution in [3.8, 4) is 0 Å². The van der Waals surface area contributed by atoms with Crippen LogP contribution in [0.5, 0.6) is 0 Å². The molecule has 4 nitrogen and oxygen atoms in total. The van der Waals surface area contributed by atoms with Gasteiger partial charge in [-0.25, -0.2) is 0 Å². The molecule has 2 atom stereocenters. The molecule has 112 valence electrons. The first-order chi connectivity index (χ1) is 9.17. The summed E-state index contributed by atoms with van der Waals surface area (Å²) in [6.45, 7) is 5.71. The standard InChI is InChI=1S/C15H29NO3/c1-3-5-6-12(4-2)11-19-10-9-14(15(17)18)16-13-7-8-13/h12-14,16H,3-11H2,1-2H3,(H,17,18). The molecule has 0 bridgehead atoms. The van der Waals surface area contributed by atoms with Gasteiger partial charge in [0.2, 0.25) is 0 Å². The zero-order valence-corrected chi connectivity index (χ0v) is 12.4. The van der Waals surface area contributed by atoms with Crippen molar-refractivity contribution in [1.29, 1.82) is 0 Å². The van der Waals surface area contributed by atoms with Gasteiger partial charge in [-0.05, 0) is 31.6 Å². The normalized spacial score (nSPS) is 18.2. The first-order valence-corrected chi connectivity index (χ1v) is 7.73. The fourth-order valence-electron chi connectivity index (χ4n) is 2.16. The van der Waals surface area contributed by atoms with Gasteiger partial charge in [-0.1, -0.05) is 33.1 Å². The molecule has 0 radical (unpaired) electrons. The van der Waals surface area contributed by atoms with Crippen LogP contribution in [0.15, 0.2) is 0 Å². The quantitative estimate of drug-likeness (QED) is 0.536. The predicted octanol–water partition coefficient (Wildman–Crippen LogP) is 2.81. The Bertz CT molecular complexity index is 254. The maximum Gasteiger partial charge on any atom is 0.320 e. The molecular formula is C15H29NO3. The van der Waals surface area contributed by atoms with Gasteiger partial charge in [0, 0.05) is 19.3 Å². The summed E-state index contributed by atoms with van der Waals surface area (Å²) in [4.78, 5) is 11.1. The van der Waals surface area contributed by atoms with Gasteiger partial charge >= 0.3 is 5.97 Å². The maximum atomic E-state index is 11.1. The van der Waals surface area contributed by atoms with Crippen LogP contribution in [0.4, 0.5) is 0 Å². The summed E-state index contributed by atoms with van der Waals surface area (Å²) >= 11 is 0. The fourth-order valence-corrected chi connectivity index (χ4v) is 2.16. The van der Waals surface area contributed by atoms with Gasteiger partial charge in [0.1, 0.15) is 6.04 Å². The highest BCUT2D eigenvalue weighted by atomic mass is 16.5. The number of hydrogen-bond donors (Lipinski definition) is 2. The molecule has 0 spiro atoms. The van der Waals surface area contributed by atoms with E-state index in [0.717, 1.165) is 25.9 Å². The summed E-state index contributed by atoms with van der Waals surface area (Å²) in [7, 11) is 0. The van der Waals surface area contributed by atoms with E-state index in [-0.39, 0.29) is 0 Å². The van der Waals surface area contributed by atoms with Crippen LogP contribution < -0.4 is 5.32 Å². The molecule has 1 aliphatic carbocycles. The largest absolute Gasteiger partial charge is 0.480 e. The Morgan fingerprint density at radius 1 is 1.37 bits per heavy atom. The molecular weight excluding hydrogens is 242 g/mol. The lowest BCUT2D eigenvalue weighted by Gasteiger charge is -2.17. The molecule has 1 rings (SSSR count). The molecule has 0 aromatic carbocycles. The molecule has 0 heterocycles. The van der Waals surface area contributed by atoms with E-state index in [4.69, 9.17) is 9.84 Å². The second-order valence-electron chi connectivity index (χ2n) is 5.61. The van der Waals surface area contributed by atoms with Crippen LogP contribution in [0.3, 0.4) is 0 Å². The van der Waals surface area contributed by atoms with E-state index < -0.39 is 12.0 Å². The van der Waals surface area contributed by atoms with E-state index in [1.807, 2.05) is 0 Å². The van der Waals surface area contributed by atoms with Gasteiger partial charge in [0.05, 0.1) is 0 Å². The van der Waals surface area contributed by atoms with Crippen molar-refractivity contribution in [2.24, 2.45) is 5.92 Å². The number of rotatable bonds is 12. The van der Waals surface area contributed by atoms with Crippen LogP contribution in [0.2, 0.25) is 0 Å². The van der Waals surface area contributed by atoms with E-state index in [0.29, 0.717) is 25.0 Å². The zero-order chi connectivity index (χ0) is 14.1. The van der Waals surface area contributed by atoms with Crippen molar-refractivity contribution in [3.63, 3.8) is 0 Å². The number of carboxylic acid groups (broad SMARTS) is 1. The van der Waals surface area contributed by atoms with Gasteiger partial charge < -0.3 is 15.2 Å². The lowest BCUT2D eigenvalue weighted by molar-refractivity contribution is -0.140. The summed E-state index contributed by atoms with van der Waals surface area (Å²) in [5.74, 6) is -0.131. The van der Waals surface area contributed by atoms with Crippen LogP contribution in [0.1, 0.15) is 58.8 Å². The highest BCUT2D eigenvalue weighted by Gasteiger charge is 2.27. The average molecular weight is 271 g/mol. The Morgan fingerprint density at radius 2 is 2.11 bits per heavy atom. The number of ether oxygens (including phenoxy) is 1. The lowest BCUT2D eigenvalue weighted by Crippen LogP contribution is -2.39. The second kappa shape index (κ2) is 9.32. The van der Waals surface area contributed by atoms with Crippen molar-refractivity contribution < 1.29 is 14.6 Å². The molecule has 0 saturated heterocycles. The van der Waals surface area contributed by atoms with Crippen molar-refractivity contribution in [1.82, 2.24) is 5.32 Å². The first-order valence-electron chi connectivity index (χ1n) is 7.73. The Balaban J connectivity index is 2.10. The van der Waals surface area contributed by atoms with Crippen LogP contribution in [-0.2, 0) is 9.53 Å². The third-order valence-corrected chi connectivity index (χ3v) is 3.76. The smallest absolute Gasteiger partial charge is 0.320 e. The molecule has 2 N–H and O–H groups in total. The van der Waals surface area contributed by atoms with Gasteiger partial charge in [-0.2, -0.15) is 0 Å². The lowest BCUT2D eigenvalue weighted by atomic mass is 10.0. The van der Waals surface area contributed by atoms with E-state index in [1.165, 1.54) is 19.3 Å². The number of carbonyl (C=O) groups is 1. The number of nitrogens with one attached hydrogen (secondary N) is 1. The number of unbranched alkanes of at least 4 members (excludes halogenated alkanes) is 1. The summed E-state index contributed by atoms with van der Waals surface area (Å²) < 4.78 is 5.66. The number of hydrogen-bond acceptors (Lipinski definition) is 3. The summed E-state index contributed by atoms with van der Waals surface area (Å²) in [5.41, 5.74) is 0. The van der Waals surface area contributed by atoms with Crippen LogP contribution in [-0.4, -0.2) is 36.4 Å². The van der Waals surface area contributed by atoms with Crippen LogP contribution in [0.25, 0.3) is 0 Å². The van der Waals surface area contributed by atoms with Crippen molar-refractivity contribution in [2.45, 2.75) is 70.9 Å². The van der Waals surface area contributed by atoms with Crippen molar-refractivity contribution in [3.05, 3.63) is 0 Å². The van der Waals surface area contributed by atoms with Gasteiger partial charge in [0.15, 0.2) is 0 Å². The highest BCUT2D eigenvalue weighted by molar-refractivity contribution is 5.73. The Labute approximate surface area is 116 Å². The molecule has 1 aliphatic rings. The Hall–Kier alpha value is -0.610. The van der Waals surface area contributed by atoms with E-state index >= 15 is 0 Å². The van der Waals surface area contributed by atoms with E-state index in [9.17, 15) is 4.79 Å². The number of carboxylic acids is 1. The van der Waals surface area contributed by atoms with Gasteiger partial charge in [0.25, 0.3) is 0 Å². The summed E-state index contributed by atoms with van der Waals surface area (Å²) in [6.07, 6.45) is 7.62. The Morgan fingerprint density at radius 3 is 2.63 bits per heavy atom. The van der Waals surface area contributed by atoms with Crippen molar-refractivity contribution >= 4 is 5.97 Å². The van der Waals surface area contributed by atoms with Crippen molar-refractivity contribution in [2.75, 3.05) is 13.2 Å². The molecule has 1 fully saturated rings. The molecule has 1 saturated carbocycles. The summed E-state index contributed by atoms with van der Waals surface area (Å²) in [5, 5.41) is 12.2. The van der Waals surface area contributed by atoms with E-state index in [2.05, 4.69) is 19.2 Å². The number of aliphatic carboxylic acids is 1. The molecule has 0 aromatic heterocycles. The second-order valence-corrected chi connectivity index (χ2v) is 5.61. The van der Waals surface area contributed by atoms with Gasteiger partial charge in [-0.15, -0.1) is 0 Å². The molecule has 0 amide bonds. The van der Waals surface area contributed by atoms with E-state index in [1.54, 1.807) is 0 Å². The molecule has 2 unspecified atom stereocenters. The third-order valence-electron chi connectivity index (χ3n) is 3.76. The topological polar surface area (TPSA) is 58.6 Å². The minimum atomic E-state index is -0.756. The van der Waals surface area contributed by atoms with Crippen LogP contribution in [0, 0.1) is 5.92 Å². The molecule has 0 aliphatic heterocycles. The molecule has 0 aromatic rings. The summed E-state index contributed by atoms with van der Waals surface area (Å²) in [6, 6.07) is -0.0164. The Kier molecular flexibility index (Phi) is 8.07. The predicted molar refractivity (Wildman–Crippen MR) is 76.3 cm³/mol. The average Bonchev–Trinajstić information content (AvgIpc) is 3.20. The SMILES string of the molecule is CCCCC(CC)COCCC(NC1CC1)C(=O)O. The zero-order valence-electron chi connectivity index (χ0n) is 12.4. The molecule has 4 heteroatoms. The van der Waals surface area contributed by atoms with Crippen LogP contribution >= 0.6 is 0 Å². The third kappa shape index (κ3) is 7.53. The first kappa shape index (κ1) is 16.4. The molecule has 19 heavy (non-hydrogen) atoms. The highest BCUT2D eigenvalue weighted by Crippen LogP contribution is 2.20. The fraction of sp³-hybridized carbons (Fsp3) is 0.933. The maximum absolute atomic E-state index is 11.1. The minimum absolute atomic E-state index is 0.425. The minimum Gasteiger partial charge on any atom is -0.480 e.